The topological polar surface area (TPSA) is 66.4 Å². The average Bonchev–Trinajstić information content (AvgIpc) is 2.90. The summed E-state index contributed by atoms with van der Waals surface area (Å²) in [6, 6.07) is 7.03. The second-order valence-corrected chi connectivity index (χ2v) is 7.54. The van der Waals surface area contributed by atoms with Crippen LogP contribution >= 0.6 is 11.3 Å². The molecule has 0 saturated carbocycles. The van der Waals surface area contributed by atoms with Crippen LogP contribution in [0, 0.1) is 6.92 Å². The van der Waals surface area contributed by atoms with E-state index in [2.05, 4.69) is 4.72 Å². The van der Waals surface area contributed by atoms with Gasteiger partial charge in [0.15, 0.2) is 0 Å². The Balaban J connectivity index is 2.28. The van der Waals surface area contributed by atoms with Crippen molar-refractivity contribution in [3.05, 3.63) is 51.2 Å². The van der Waals surface area contributed by atoms with E-state index in [1.54, 1.807) is 18.2 Å². The zero-order chi connectivity index (χ0) is 15.5. The Hall–Kier alpha value is -1.21. The summed E-state index contributed by atoms with van der Waals surface area (Å²) in [5, 5.41) is 11.1. The van der Waals surface area contributed by atoms with Crippen LogP contribution in [-0.4, -0.2) is 13.5 Å². The summed E-state index contributed by atoms with van der Waals surface area (Å²) >= 11 is 1.54. The molecule has 21 heavy (non-hydrogen) atoms. The Morgan fingerprint density at radius 3 is 2.62 bits per heavy atom. The Labute approximate surface area is 129 Å². The molecule has 2 N–H and O–H groups in total. The Bertz CT molecular complexity index is 720. The van der Waals surface area contributed by atoms with Gasteiger partial charge in [-0.25, -0.2) is 13.1 Å². The van der Waals surface area contributed by atoms with Gasteiger partial charge in [-0.15, -0.1) is 11.3 Å². The molecule has 0 aliphatic heterocycles. The van der Waals surface area contributed by atoms with Crippen LogP contribution in [-0.2, 0) is 29.6 Å². The summed E-state index contributed by atoms with van der Waals surface area (Å²) in [6.45, 7) is 4.00. The standard InChI is InChI=1S/C15H19NO3S2/c1-3-13-5-4-12(10-17)8-15(13)21(18,19)16-9-14-11(2)6-7-20-14/h4-8,16-17H,3,9-10H2,1-2H3. The van der Waals surface area contributed by atoms with Crippen molar-refractivity contribution < 1.29 is 13.5 Å². The van der Waals surface area contributed by atoms with Crippen molar-refractivity contribution >= 4 is 21.4 Å². The Morgan fingerprint density at radius 2 is 2.05 bits per heavy atom. The number of benzene rings is 1. The van der Waals surface area contributed by atoms with Crippen LogP contribution in [0.3, 0.4) is 0 Å². The number of nitrogens with one attached hydrogen (secondary N) is 1. The highest BCUT2D eigenvalue weighted by Crippen LogP contribution is 2.20. The minimum Gasteiger partial charge on any atom is -0.392 e. The smallest absolute Gasteiger partial charge is 0.241 e. The predicted octanol–water partition coefficient (Wildman–Crippen LogP) is 2.59. The molecule has 0 atom stereocenters. The minimum atomic E-state index is -3.58. The number of hydrogen-bond acceptors (Lipinski definition) is 4. The number of hydrogen-bond donors (Lipinski definition) is 2. The molecular weight excluding hydrogens is 306 g/mol. The van der Waals surface area contributed by atoms with E-state index in [1.165, 1.54) is 11.3 Å². The van der Waals surface area contributed by atoms with Crippen molar-refractivity contribution in [2.45, 2.75) is 38.3 Å². The maximum Gasteiger partial charge on any atom is 0.241 e. The van der Waals surface area contributed by atoms with Crippen LogP contribution in [0.25, 0.3) is 0 Å². The molecule has 2 aromatic rings. The summed E-state index contributed by atoms with van der Waals surface area (Å²) in [4.78, 5) is 1.26. The summed E-state index contributed by atoms with van der Waals surface area (Å²) in [6.07, 6.45) is 0.625. The van der Waals surface area contributed by atoms with Crippen LogP contribution in [0.15, 0.2) is 34.5 Å². The fraction of sp³-hybridized carbons (Fsp3) is 0.333. The third-order valence-electron chi connectivity index (χ3n) is 3.38. The third kappa shape index (κ3) is 3.71. The van der Waals surface area contributed by atoms with Gasteiger partial charge >= 0.3 is 0 Å². The van der Waals surface area contributed by atoms with Crippen molar-refractivity contribution in [1.82, 2.24) is 4.72 Å². The van der Waals surface area contributed by atoms with Gasteiger partial charge in [0.25, 0.3) is 0 Å². The lowest BCUT2D eigenvalue weighted by molar-refractivity contribution is 0.281. The number of aliphatic hydroxyl groups excluding tert-OH is 1. The fourth-order valence-corrected chi connectivity index (χ4v) is 4.35. The average molecular weight is 325 g/mol. The quantitative estimate of drug-likeness (QED) is 0.858. The molecular formula is C15H19NO3S2. The second-order valence-electron chi connectivity index (χ2n) is 4.81. The van der Waals surface area contributed by atoms with Crippen LogP contribution in [0.2, 0.25) is 0 Å². The molecule has 0 aliphatic rings. The molecule has 1 aromatic carbocycles. The molecule has 0 fully saturated rings. The SMILES string of the molecule is CCc1ccc(CO)cc1S(=O)(=O)NCc1sccc1C. The van der Waals surface area contributed by atoms with Gasteiger partial charge in [0, 0.05) is 11.4 Å². The van der Waals surface area contributed by atoms with Crippen molar-refractivity contribution in [3.63, 3.8) is 0 Å². The first-order chi connectivity index (χ1) is 9.97. The molecule has 0 radical (unpaired) electrons. The molecule has 1 heterocycles. The molecule has 0 saturated heterocycles. The van der Waals surface area contributed by atoms with Gasteiger partial charge in [-0.2, -0.15) is 0 Å². The number of aryl methyl sites for hydroxylation is 2. The van der Waals surface area contributed by atoms with Crippen LogP contribution < -0.4 is 4.72 Å². The van der Waals surface area contributed by atoms with Gasteiger partial charge in [0.1, 0.15) is 0 Å². The summed E-state index contributed by atoms with van der Waals surface area (Å²) in [5.41, 5.74) is 2.44. The van der Waals surface area contributed by atoms with Gasteiger partial charge in [0.2, 0.25) is 10.0 Å². The highest BCUT2D eigenvalue weighted by Gasteiger charge is 2.18. The zero-order valence-electron chi connectivity index (χ0n) is 12.1. The lowest BCUT2D eigenvalue weighted by Gasteiger charge is -2.12. The lowest BCUT2D eigenvalue weighted by atomic mass is 10.1. The molecule has 114 valence electrons. The number of sulfonamides is 1. The van der Waals surface area contributed by atoms with Crippen molar-refractivity contribution in [3.8, 4) is 0 Å². The summed E-state index contributed by atoms with van der Waals surface area (Å²) in [5.74, 6) is 0. The van der Waals surface area contributed by atoms with E-state index in [-0.39, 0.29) is 11.5 Å². The molecule has 1 aromatic heterocycles. The highest BCUT2D eigenvalue weighted by molar-refractivity contribution is 7.89. The van der Waals surface area contributed by atoms with E-state index in [4.69, 9.17) is 0 Å². The fourth-order valence-electron chi connectivity index (χ4n) is 2.06. The van der Waals surface area contributed by atoms with Crippen LogP contribution in [0.1, 0.15) is 28.5 Å². The molecule has 6 heteroatoms. The Morgan fingerprint density at radius 1 is 1.29 bits per heavy atom. The Kier molecular flexibility index (Phi) is 5.16. The van der Waals surface area contributed by atoms with E-state index >= 15 is 0 Å². The highest BCUT2D eigenvalue weighted by atomic mass is 32.2. The number of rotatable bonds is 6. The summed E-state index contributed by atoms with van der Waals surface area (Å²) < 4.78 is 27.6. The zero-order valence-corrected chi connectivity index (χ0v) is 13.7. The summed E-state index contributed by atoms with van der Waals surface area (Å²) in [7, 11) is -3.58. The van der Waals surface area contributed by atoms with Crippen molar-refractivity contribution in [2.75, 3.05) is 0 Å². The maximum absolute atomic E-state index is 12.5. The monoisotopic (exact) mass is 325 g/mol. The molecule has 2 rings (SSSR count). The van der Waals surface area contributed by atoms with Gasteiger partial charge in [-0.05, 0) is 47.5 Å². The molecule has 4 nitrogen and oxygen atoms in total. The lowest BCUT2D eigenvalue weighted by Crippen LogP contribution is -2.24. The normalized spacial score (nSPS) is 11.8. The first-order valence-corrected chi connectivity index (χ1v) is 9.09. The largest absolute Gasteiger partial charge is 0.392 e. The van der Waals surface area contributed by atoms with Gasteiger partial charge < -0.3 is 5.11 Å². The second kappa shape index (κ2) is 6.70. The predicted molar refractivity (Wildman–Crippen MR) is 84.8 cm³/mol. The third-order valence-corrected chi connectivity index (χ3v) is 5.88. The van der Waals surface area contributed by atoms with Crippen molar-refractivity contribution in [2.24, 2.45) is 0 Å². The van der Waals surface area contributed by atoms with E-state index < -0.39 is 10.0 Å². The van der Waals surface area contributed by atoms with Gasteiger partial charge in [0.05, 0.1) is 11.5 Å². The minimum absolute atomic E-state index is 0.170. The first kappa shape index (κ1) is 16.2. The van der Waals surface area contributed by atoms with Crippen LogP contribution in [0.5, 0.6) is 0 Å². The van der Waals surface area contributed by atoms with Crippen LogP contribution in [0.4, 0.5) is 0 Å². The number of aliphatic hydroxyl groups is 1. The molecule has 0 bridgehead atoms. The van der Waals surface area contributed by atoms with E-state index in [0.717, 1.165) is 16.0 Å². The molecule has 0 aliphatic carbocycles. The maximum atomic E-state index is 12.5. The van der Waals surface area contributed by atoms with Gasteiger partial charge in [-0.3, -0.25) is 0 Å². The molecule has 0 spiro atoms. The van der Waals surface area contributed by atoms with Gasteiger partial charge in [-0.1, -0.05) is 19.1 Å². The number of thiophene rings is 1. The van der Waals surface area contributed by atoms with Crippen molar-refractivity contribution in [1.29, 1.82) is 0 Å². The van der Waals surface area contributed by atoms with E-state index in [9.17, 15) is 13.5 Å². The first-order valence-electron chi connectivity index (χ1n) is 6.73. The molecule has 0 amide bonds. The van der Waals surface area contributed by atoms with E-state index in [1.807, 2.05) is 25.3 Å². The molecule has 0 unspecified atom stereocenters. The van der Waals surface area contributed by atoms with E-state index in [0.29, 0.717) is 18.5 Å².